The normalized spacial score (nSPS) is 12.6. The van der Waals surface area contributed by atoms with Gasteiger partial charge in [-0.3, -0.25) is 0 Å². The van der Waals surface area contributed by atoms with Crippen molar-refractivity contribution in [3.63, 3.8) is 0 Å². The molecule has 106 valence electrons. The smallest absolute Gasteiger partial charge is 0.358 e. The Hall–Kier alpha value is -2.17. The van der Waals surface area contributed by atoms with Gasteiger partial charge in [0, 0.05) is 11.4 Å². The Kier molecular flexibility index (Phi) is 4.17. The maximum atomic E-state index is 11.3. The second-order valence-corrected chi connectivity index (χ2v) is 5.42. The van der Waals surface area contributed by atoms with Crippen LogP contribution in [0, 0.1) is 5.92 Å². The largest absolute Gasteiger partial charge is 0.476 e. The molecule has 0 aliphatic rings. The van der Waals surface area contributed by atoms with Crippen molar-refractivity contribution in [1.82, 2.24) is 10.2 Å². The summed E-state index contributed by atoms with van der Waals surface area (Å²) in [4.78, 5) is 11.3. The van der Waals surface area contributed by atoms with Crippen LogP contribution in [0.1, 0.15) is 37.7 Å². The van der Waals surface area contributed by atoms with Crippen molar-refractivity contribution < 1.29 is 9.90 Å². The lowest BCUT2D eigenvalue weighted by Crippen LogP contribution is -2.20. The highest BCUT2D eigenvalue weighted by atomic mass is 16.4. The third kappa shape index (κ3) is 3.04. The molecule has 1 heterocycles. The Morgan fingerprint density at radius 3 is 2.60 bits per heavy atom. The molecule has 0 spiro atoms. The average Bonchev–Trinajstić information content (AvgIpc) is 2.37. The van der Waals surface area contributed by atoms with Crippen molar-refractivity contribution in [2.75, 3.05) is 5.32 Å². The predicted molar refractivity (Wildman–Crippen MR) is 79.0 cm³/mol. The van der Waals surface area contributed by atoms with Crippen molar-refractivity contribution in [3.05, 3.63) is 30.0 Å². The summed E-state index contributed by atoms with van der Waals surface area (Å²) in [6.45, 7) is 6.32. The summed E-state index contributed by atoms with van der Waals surface area (Å²) in [5.41, 5.74) is 1.22. The number of fused-ring (bicyclic) bond motifs is 1. The maximum absolute atomic E-state index is 11.3. The van der Waals surface area contributed by atoms with Crippen molar-refractivity contribution in [3.8, 4) is 0 Å². The first-order chi connectivity index (χ1) is 9.49. The Morgan fingerprint density at radius 2 is 1.95 bits per heavy atom. The summed E-state index contributed by atoms with van der Waals surface area (Å²) in [6.07, 6.45) is 0.954. The van der Waals surface area contributed by atoms with Crippen LogP contribution in [0.4, 0.5) is 5.69 Å². The van der Waals surface area contributed by atoms with Gasteiger partial charge >= 0.3 is 5.97 Å². The van der Waals surface area contributed by atoms with E-state index in [1.54, 1.807) is 0 Å². The molecule has 20 heavy (non-hydrogen) atoms. The highest BCUT2D eigenvalue weighted by molar-refractivity contribution is 6.02. The van der Waals surface area contributed by atoms with E-state index in [0.717, 1.165) is 11.8 Å². The Morgan fingerprint density at radius 1 is 1.25 bits per heavy atom. The predicted octanol–water partition coefficient (Wildman–Crippen LogP) is 3.17. The molecule has 0 aliphatic carbocycles. The van der Waals surface area contributed by atoms with Crippen molar-refractivity contribution in [2.24, 2.45) is 5.92 Å². The van der Waals surface area contributed by atoms with Crippen molar-refractivity contribution in [1.29, 1.82) is 0 Å². The zero-order chi connectivity index (χ0) is 14.7. The molecule has 0 radical (unpaired) electrons. The van der Waals surface area contributed by atoms with E-state index < -0.39 is 5.97 Å². The molecule has 2 rings (SSSR count). The molecule has 2 aromatic rings. The first-order valence-corrected chi connectivity index (χ1v) is 6.74. The van der Waals surface area contributed by atoms with E-state index >= 15 is 0 Å². The Bertz CT molecular complexity index is 626. The summed E-state index contributed by atoms with van der Waals surface area (Å²) in [5.74, 6) is -0.533. The average molecular weight is 273 g/mol. The number of carboxylic acids is 1. The van der Waals surface area contributed by atoms with Gasteiger partial charge in [0.05, 0.1) is 11.2 Å². The number of nitrogens with zero attached hydrogens (tertiary/aromatic N) is 2. The molecule has 1 atom stereocenters. The zero-order valence-corrected chi connectivity index (χ0v) is 11.9. The van der Waals surface area contributed by atoms with Crippen molar-refractivity contribution >= 4 is 22.6 Å². The SMILES string of the molecule is CC(C)CC(C)Nc1c(C(=O)O)nnc2ccccc12. The van der Waals surface area contributed by atoms with Crippen LogP contribution in [0.3, 0.4) is 0 Å². The van der Waals surface area contributed by atoms with E-state index in [9.17, 15) is 9.90 Å². The molecule has 1 aromatic heterocycles. The number of carboxylic acid groups (broad SMARTS) is 1. The number of benzene rings is 1. The monoisotopic (exact) mass is 273 g/mol. The number of aromatic carboxylic acids is 1. The van der Waals surface area contributed by atoms with Crippen LogP contribution in [0.25, 0.3) is 10.9 Å². The number of nitrogens with one attached hydrogen (secondary N) is 1. The first-order valence-electron chi connectivity index (χ1n) is 6.74. The molecule has 0 fully saturated rings. The van der Waals surface area contributed by atoms with Crippen LogP contribution in [0.15, 0.2) is 24.3 Å². The second kappa shape index (κ2) is 5.86. The molecule has 0 bridgehead atoms. The fraction of sp³-hybridized carbons (Fsp3) is 0.400. The first kappa shape index (κ1) is 14.2. The number of hydrogen-bond acceptors (Lipinski definition) is 4. The van der Waals surface area contributed by atoms with Crippen LogP contribution < -0.4 is 5.32 Å². The molecule has 0 saturated heterocycles. The molecule has 0 aliphatic heterocycles. The fourth-order valence-electron chi connectivity index (χ4n) is 2.36. The summed E-state index contributed by atoms with van der Waals surface area (Å²) >= 11 is 0. The van der Waals surface area contributed by atoms with Gasteiger partial charge in [0.2, 0.25) is 0 Å². The lowest BCUT2D eigenvalue weighted by molar-refractivity contribution is 0.0690. The van der Waals surface area contributed by atoms with E-state index in [4.69, 9.17) is 0 Å². The summed E-state index contributed by atoms with van der Waals surface area (Å²) in [5, 5.41) is 21.1. The summed E-state index contributed by atoms with van der Waals surface area (Å²) in [7, 11) is 0. The van der Waals surface area contributed by atoms with E-state index in [2.05, 4.69) is 29.4 Å². The van der Waals surface area contributed by atoms with Gasteiger partial charge in [0.1, 0.15) is 0 Å². The standard InChI is InChI=1S/C15H19N3O2/c1-9(2)8-10(3)16-13-11-6-4-5-7-12(11)17-18-14(13)15(19)20/h4-7,9-10H,8H2,1-3H3,(H,16,17)(H,19,20). The minimum atomic E-state index is -1.07. The van der Waals surface area contributed by atoms with Crippen LogP contribution in [0.5, 0.6) is 0 Å². The fourth-order valence-corrected chi connectivity index (χ4v) is 2.36. The zero-order valence-electron chi connectivity index (χ0n) is 11.9. The van der Waals surface area contributed by atoms with E-state index in [0.29, 0.717) is 17.1 Å². The van der Waals surface area contributed by atoms with Gasteiger partial charge in [0.15, 0.2) is 5.69 Å². The molecular weight excluding hydrogens is 254 g/mol. The van der Waals surface area contributed by atoms with E-state index in [-0.39, 0.29) is 11.7 Å². The summed E-state index contributed by atoms with van der Waals surface area (Å²) < 4.78 is 0. The summed E-state index contributed by atoms with van der Waals surface area (Å²) in [6, 6.07) is 7.58. The number of hydrogen-bond donors (Lipinski definition) is 2. The Balaban J connectivity index is 2.47. The van der Waals surface area contributed by atoms with Gasteiger partial charge in [-0.2, -0.15) is 0 Å². The van der Waals surface area contributed by atoms with Gasteiger partial charge < -0.3 is 10.4 Å². The molecule has 1 aromatic carbocycles. The van der Waals surface area contributed by atoms with Crippen LogP contribution >= 0.6 is 0 Å². The van der Waals surface area contributed by atoms with Crippen molar-refractivity contribution in [2.45, 2.75) is 33.2 Å². The van der Waals surface area contributed by atoms with Gasteiger partial charge in [-0.05, 0) is 25.3 Å². The number of anilines is 1. The van der Waals surface area contributed by atoms with Gasteiger partial charge in [0.25, 0.3) is 0 Å². The van der Waals surface area contributed by atoms with Gasteiger partial charge in [-0.15, -0.1) is 10.2 Å². The van der Waals surface area contributed by atoms with Crippen LogP contribution in [-0.2, 0) is 0 Å². The van der Waals surface area contributed by atoms with Gasteiger partial charge in [-0.1, -0.05) is 32.0 Å². The minimum Gasteiger partial charge on any atom is -0.476 e. The minimum absolute atomic E-state index is 0.0284. The third-order valence-electron chi connectivity index (χ3n) is 3.09. The van der Waals surface area contributed by atoms with Crippen LogP contribution in [-0.4, -0.2) is 27.3 Å². The Labute approximate surface area is 118 Å². The topological polar surface area (TPSA) is 75.1 Å². The molecule has 5 nitrogen and oxygen atoms in total. The van der Waals surface area contributed by atoms with Crippen LogP contribution in [0.2, 0.25) is 0 Å². The lowest BCUT2D eigenvalue weighted by Gasteiger charge is -2.19. The quantitative estimate of drug-likeness (QED) is 0.875. The highest BCUT2D eigenvalue weighted by Crippen LogP contribution is 2.25. The highest BCUT2D eigenvalue weighted by Gasteiger charge is 2.18. The number of aromatic nitrogens is 2. The third-order valence-corrected chi connectivity index (χ3v) is 3.09. The second-order valence-electron chi connectivity index (χ2n) is 5.42. The number of rotatable bonds is 5. The van der Waals surface area contributed by atoms with E-state index in [1.807, 2.05) is 31.2 Å². The van der Waals surface area contributed by atoms with E-state index in [1.165, 1.54) is 0 Å². The lowest BCUT2D eigenvalue weighted by atomic mass is 10.0. The molecule has 0 saturated carbocycles. The van der Waals surface area contributed by atoms with Gasteiger partial charge in [-0.25, -0.2) is 4.79 Å². The molecule has 2 N–H and O–H groups in total. The molecule has 0 amide bonds. The molecule has 1 unspecified atom stereocenters. The maximum Gasteiger partial charge on any atom is 0.358 e. The molecule has 5 heteroatoms. The molecular formula is C15H19N3O2. The number of carbonyl (C=O) groups is 1.